The maximum absolute atomic E-state index is 12.9. The molecule has 0 aliphatic heterocycles. The molecular weight excluding hydrogens is 937 g/mol. The van der Waals surface area contributed by atoms with E-state index in [1.807, 2.05) is 0 Å². The smallest absolute Gasteiger partial charge is 0.306 e. The van der Waals surface area contributed by atoms with Crippen molar-refractivity contribution in [3.05, 3.63) is 48.6 Å². The zero-order chi connectivity index (χ0) is 55.0. The molecule has 0 saturated heterocycles. The minimum absolute atomic E-state index is 0.0666. The average molecular weight is 1070 g/mol. The third-order valence-corrected chi connectivity index (χ3v) is 15.1. The standard InChI is InChI=1S/C70H128O6/c1-4-7-10-13-16-19-22-24-26-28-30-32-33-34-35-36-37-38-40-41-43-45-48-51-54-57-60-63-69(72)75-66-67(65-74-68(71)62-59-56-53-50-47-21-18-15-12-9-6-3)76-70(73)64-61-58-55-52-49-46-44-42-39-31-29-27-25-23-20-17-14-11-8-5-2/h7,10,16,19,24,26,30,32,67H,4-6,8-9,11-15,17-18,20-23,25,27-29,31,33-66H2,1-3H3/b10-7-,19-16-,26-24-,32-30-. The second-order valence-corrected chi connectivity index (χ2v) is 22.7. The summed E-state index contributed by atoms with van der Waals surface area (Å²) in [5, 5.41) is 0. The van der Waals surface area contributed by atoms with Gasteiger partial charge in [-0.1, -0.05) is 333 Å². The summed E-state index contributed by atoms with van der Waals surface area (Å²) >= 11 is 0. The third-order valence-electron chi connectivity index (χ3n) is 15.1. The molecular formula is C70H128O6. The van der Waals surface area contributed by atoms with Crippen LogP contribution < -0.4 is 0 Å². The molecule has 1 atom stereocenters. The van der Waals surface area contributed by atoms with E-state index in [0.29, 0.717) is 19.3 Å². The molecule has 444 valence electrons. The van der Waals surface area contributed by atoms with E-state index in [1.165, 1.54) is 238 Å². The first-order chi connectivity index (χ1) is 37.5. The van der Waals surface area contributed by atoms with Crippen LogP contribution >= 0.6 is 0 Å². The van der Waals surface area contributed by atoms with E-state index in [4.69, 9.17) is 14.2 Å². The van der Waals surface area contributed by atoms with Crippen LogP contribution in [0.5, 0.6) is 0 Å². The summed E-state index contributed by atoms with van der Waals surface area (Å²) in [4.78, 5) is 38.3. The highest BCUT2D eigenvalue weighted by Gasteiger charge is 2.19. The van der Waals surface area contributed by atoms with E-state index in [9.17, 15) is 14.4 Å². The molecule has 0 heterocycles. The van der Waals surface area contributed by atoms with Crippen LogP contribution in [0.15, 0.2) is 48.6 Å². The zero-order valence-corrected chi connectivity index (χ0v) is 51.0. The van der Waals surface area contributed by atoms with Crippen molar-refractivity contribution in [1.82, 2.24) is 0 Å². The van der Waals surface area contributed by atoms with E-state index in [1.54, 1.807) is 0 Å². The second-order valence-electron chi connectivity index (χ2n) is 22.7. The van der Waals surface area contributed by atoms with E-state index in [2.05, 4.69) is 69.4 Å². The molecule has 1 unspecified atom stereocenters. The van der Waals surface area contributed by atoms with Gasteiger partial charge in [0.2, 0.25) is 0 Å². The molecule has 76 heavy (non-hydrogen) atoms. The minimum Gasteiger partial charge on any atom is -0.462 e. The number of unbranched alkanes of at least 4 members (excludes halogenated alkanes) is 43. The first-order valence-corrected chi connectivity index (χ1v) is 33.6. The molecule has 0 N–H and O–H groups in total. The summed E-state index contributed by atoms with van der Waals surface area (Å²) < 4.78 is 17.0. The molecule has 0 fully saturated rings. The van der Waals surface area contributed by atoms with Crippen molar-refractivity contribution < 1.29 is 28.6 Å². The fraction of sp³-hybridized carbons (Fsp3) is 0.843. The van der Waals surface area contributed by atoms with Crippen LogP contribution in [0.2, 0.25) is 0 Å². The Morgan fingerprint density at radius 1 is 0.276 bits per heavy atom. The number of esters is 3. The van der Waals surface area contributed by atoms with Crippen molar-refractivity contribution in [3.8, 4) is 0 Å². The topological polar surface area (TPSA) is 78.9 Å². The normalized spacial score (nSPS) is 12.3. The Bertz CT molecular complexity index is 1310. The first-order valence-electron chi connectivity index (χ1n) is 33.6. The molecule has 0 aliphatic rings. The van der Waals surface area contributed by atoms with Crippen LogP contribution in [0.25, 0.3) is 0 Å². The van der Waals surface area contributed by atoms with Crippen LogP contribution in [-0.4, -0.2) is 37.2 Å². The lowest BCUT2D eigenvalue weighted by molar-refractivity contribution is -0.167. The highest BCUT2D eigenvalue weighted by molar-refractivity contribution is 5.71. The average Bonchev–Trinajstić information content (AvgIpc) is 3.42. The van der Waals surface area contributed by atoms with Gasteiger partial charge >= 0.3 is 17.9 Å². The highest BCUT2D eigenvalue weighted by Crippen LogP contribution is 2.18. The van der Waals surface area contributed by atoms with Gasteiger partial charge in [-0.15, -0.1) is 0 Å². The quantitative estimate of drug-likeness (QED) is 0.0261. The molecule has 0 spiro atoms. The van der Waals surface area contributed by atoms with Crippen LogP contribution in [0.3, 0.4) is 0 Å². The Morgan fingerprint density at radius 2 is 0.513 bits per heavy atom. The van der Waals surface area contributed by atoms with Gasteiger partial charge in [-0.3, -0.25) is 14.4 Å². The second kappa shape index (κ2) is 64.9. The fourth-order valence-electron chi connectivity index (χ4n) is 10.1. The van der Waals surface area contributed by atoms with Crippen LogP contribution in [-0.2, 0) is 28.6 Å². The lowest BCUT2D eigenvalue weighted by atomic mass is 10.0. The number of ether oxygens (including phenoxy) is 3. The molecule has 0 aliphatic carbocycles. The van der Waals surface area contributed by atoms with Crippen LogP contribution in [0, 0.1) is 0 Å². The lowest BCUT2D eigenvalue weighted by Gasteiger charge is -2.18. The number of rotatable bonds is 62. The fourth-order valence-corrected chi connectivity index (χ4v) is 10.1. The number of hydrogen-bond donors (Lipinski definition) is 0. The summed E-state index contributed by atoms with van der Waals surface area (Å²) in [6.07, 6.45) is 81.3. The summed E-state index contributed by atoms with van der Waals surface area (Å²) in [6.45, 7) is 6.58. The van der Waals surface area contributed by atoms with Crippen LogP contribution in [0.1, 0.15) is 361 Å². The highest BCUT2D eigenvalue weighted by atomic mass is 16.6. The van der Waals surface area contributed by atoms with Gasteiger partial charge < -0.3 is 14.2 Å². The maximum Gasteiger partial charge on any atom is 0.306 e. The van der Waals surface area contributed by atoms with Gasteiger partial charge in [0.25, 0.3) is 0 Å². The van der Waals surface area contributed by atoms with Gasteiger partial charge in [0.1, 0.15) is 13.2 Å². The molecule has 6 heteroatoms. The van der Waals surface area contributed by atoms with E-state index in [-0.39, 0.29) is 31.1 Å². The minimum atomic E-state index is -0.769. The van der Waals surface area contributed by atoms with Gasteiger partial charge in [-0.05, 0) is 57.8 Å². The van der Waals surface area contributed by atoms with Crippen molar-refractivity contribution in [3.63, 3.8) is 0 Å². The Morgan fingerprint density at radius 3 is 0.803 bits per heavy atom. The van der Waals surface area contributed by atoms with E-state index >= 15 is 0 Å². The molecule has 0 amide bonds. The number of carbonyl (C=O) groups excluding carboxylic acids is 3. The number of allylic oxidation sites excluding steroid dienone is 8. The van der Waals surface area contributed by atoms with Crippen molar-refractivity contribution in [2.45, 2.75) is 367 Å². The van der Waals surface area contributed by atoms with E-state index in [0.717, 1.165) is 83.5 Å². The van der Waals surface area contributed by atoms with Gasteiger partial charge in [0, 0.05) is 19.3 Å². The summed E-state index contributed by atoms with van der Waals surface area (Å²) in [7, 11) is 0. The number of hydrogen-bond acceptors (Lipinski definition) is 6. The molecule has 0 saturated carbocycles. The summed E-state index contributed by atoms with van der Waals surface area (Å²) in [5.74, 6) is -0.842. The predicted molar refractivity (Wildman–Crippen MR) is 330 cm³/mol. The molecule has 0 rings (SSSR count). The third kappa shape index (κ3) is 62.2. The molecule has 6 nitrogen and oxygen atoms in total. The van der Waals surface area contributed by atoms with Crippen molar-refractivity contribution in [1.29, 1.82) is 0 Å². The van der Waals surface area contributed by atoms with E-state index < -0.39 is 6.10 Å². The first kappa shape index (κ1) is 73.4. The van der Waals surface area contributed by atoms with Crippen molar-refractivity contribution in [2.24, 2.45) is 0 Å². The monoisotopic (exact) mass is 1060 g/mol. The van der Waals surface area contributed by atoms with Gasteiger partial charge in [-0.25, -0.2) is 0 Å². The van der Waals surface area contributed by atoms with Crippen molar-refractivity contribution >= 4 is 17.9 Å². The SMILES string of the molecule is CC/C=C\C/C=C\C/C=C\C/C=C\CCCCCCCCCCCCCCCCC(=O)OCC(COC(=O)CCCCCCCCCCCCC)OC(=O)CCCCCCCCCCCCCCCCCCCCCC. The molecule has 0 aromatic heterocycles. The Labute approximate surface area is 473 Å². The predicted octanol–water partition coefficient (Wildman–Crippen LogP) is 22.9. The van der Waals surface area contributed by atoms with Crippen LogP contribution in [0.4, 0.5) is 0 Å². The Hall–Kier alpha value is -2.63. The maximum atomic E-state index is 12.9. The lowest BCUT2D eigenvalue weighted by Crippen LogP contribution is -2.30. The Kier molecular flexibility index (Phi) is 62.6. The molecule has 0 bridgehead atoms. The summed E-state index contributed by atoms with van der Waals surface area (Å²) in [6, 6.07) is 0. The largest absolute Gasteiger partial charge is 0.462 e. The van der Waals surface area contributed by atoms with Gasteiger partial charge in [0.15, 0.2) is 6.10 Å². The molecule has 0 aromatic carbocycles. The summed E-state index contributed by atoms with van der Waals surface area (Å²) in [5.41, 5.74) is 0. The molecule has 0 aromatic rings. The van der Waals surface area contributed by atoms with Gasteiger partial charge in [-0.2, -0.15) is 0 Å². The molecule has 0 radical (unpaired) electrons. The zero-order valence-electron chi connectivity index (χ0n) is 51.0. The Balaban J connectivity index is 4.18. The van der Waals surface area contributed by atoms with Crippen molar-refractivity contribution in [2.75, 3.05) is 13.2 Å². The number of carbonyl (C=O) groups is 3. The van der Waals surface area contributed by atoms with Gasteiger partial charge in [0.05, 0.1) is 0 Å².